The quantitative estimate of drug-likeness (QED) is 0.598. The summed E-state index contributed by atoms with van der Waals surface area (Å²) in [4.78, 5) is 39.4. The van der Waals surface area contributed by atoms with Crippen LogP contribution in [0.25, 0.3) is 11.1 Å². The SMILES string of the molecule is O=C(NC1CC1)c1cn(CCC2CCCCN2C(=O)Cn2c(=O)oc3ccccc32)nn1. The molecule has 10 heteroatoms. The van der Waals surface area contributed by atoms with Gasteiger partial charge in [0.25, 0.3) is 5.91 Å². The molecule has 2 amide bonds. The number of carbonyl (C=O) groups is 2. The first kappa shape index (κ1) is 20.5. The van der Waals surface area contributed by atoms with Gasteiger partial charge in [-0.2, -0.15) is 0 Å². The van der Waals surface area contributed by atoms with E-state index in [1.54, 1.807) is 29.1 Å². The zero-order valence-electron chi connectivity index (χ0n) is 17.8. The molecule has 0 bridgehead atoms. The molecular weight excluding hydrogens is 412 g/mol. The smallest absolute Gasteiger partial charge is 0.408 e. The maximum Gasteiger partial charge on any atom is 0.420 e. The molecule has 3 aromatic rings. The third kappa shape index (κ3) is 4.30. The molecule has 1 unspecified atom stereocenters. The summed E-state index contributed by atoms with van der Waals surface area (Å²) in [5.41, 5.74) is 1.42. The highest BCUT2D eigenvalue weighted by molar-refractivity contribution is 5.92. The van der Waals surface area contributed by atoms with Gasteiger partial charge in [0, 0.05) is 25.2 Å². The zero-order valence-corrected chi connectivity index (χ0v) is 17.8. The van der Waals surface area contributed by atoms with Crippen LogP contribution < -0.4 is 11.1 Å². The minimum absolute atomic E-state index is 0.0405. The topological polar surface area (TPSA) is 115 Å². The van der Waals surface area contributed by atoms with Gasteiger partial charge in [0.05, 0.1) is 11.7 Å². The third-order valence-corrected chi connectivity index (χ3v) is 6.19. The molecule has 0 radical (unpaired) electrons. The third-order valence-electron chi connectivity index (χ3n) is 6.19. The largest absolute Gasteiger partial charge is 0.420 e. The normalized spacial score (nSPS) is 18.8. The summed E-state index contributed by atoms with van der Waals surface area (Å²) < 4.78 is 8.31. The number of amides is 2. The lowest BCUT2D eigenvalue weighted by Crippen LogP contribution is -2.46. The van der Waals surface area contributed by atoms with Crippen molar-refractivity contribution in [3.63, 3.8) is 0 Å². The molecular formula is C22H26N6O4. The molecule has 1 aliphatic heterocycles. The predicted octanol–water partition coefficient (Wildman–Crippen LogP) is 1.55. The number of rotatable bonds is 7. The Morgan fingerprint density at radius 1 is 1.16 bits per heavy atom. The highest BCUT2D eigenvalue weighted by atomic mass is 16.4. The number of hydrogen-bond acceptors (Lipinski definition) is 6. The van der Waals surface area contributed by atoms with Gasteiger partial charge in [-0.05, 0) is 50.7 Å². The molecule has 5 rings (SSSR count). The average Bonchev–Trinajstić information content (AvgIpc) is 3.38. The number of benzene rings is 1. The summed E-state index contributed by atoms with van der Waals surface area (Å²) in [5.74, 6) is -0.801. The molecule has 2 aliphatic rings. The van der Waals surface area contributed by atoms with Crippen LogP contribution in [0.3, 0.4) is 0 Å². The fraction of sp³-hybridized carbons (Fsp3) is 0.500. The average molecular weight is 438 g/mol. The van der Waals surface area contributed by atoms with Crippen LogP contribution in [0.15, 0.2) is 39.7 Å². The van der Waals surface area contributed by atoms with Crippen LogP contribution in [0.5, 0.6) is 0 Å². The van der Waals surface area contributed by atoms with Gasteiger partial charge in [0.15, 0.2) is 11.3 Å². The van der Waals surface area contributed by atoms with E-state index in [-0.39, 0.29) is 30.4 Å². The van der Waals surface area contributed by atoms with Crippen LogP contribution in [0.4, 0.5) is 0 Å². The van der Waals surface area contributed by atoms with E-state index in [0.29, 0.717) is 36.3 Å². The maximum absolute atomic E-state index is 13.1. The molecule has 32 heavy (non-hydrogen) atoms. The van der Waals surface area contributed by atoms with Crippen molar-refractivity contribution in [3.05, 3.63) is 46.7 Å². The highest BCUT2D eigenvalue weighted by Crippen LogP contribution is 2.22. The standard InChI is InChI=1S/C22H26N6O4/c29-20(14-28-18-6-1-2-7-19(18)32-22(28)31)27-11-4-3-5-16(27)10-12-26-13-17(24-25-26)21(30)23-15-8-9-15/h1-2,6-7,13,15-16H,3-5,8-12,14H2,(H,23,30). The number of nitrogens with zero attached hydrogens (tertiary/aromatic N) is 5. The second-order valence-electron chi connectivity index (χ2n) is 8.56. The van der Waals surface area contributed by atoms with Gasteiger partial charge in [-0.15, -0.1) is 5.10 Å². The van der Waals surface area contributed by atoms with Crippen molar-refractivity contribution in [2.24, 2.45) is 0 Å². The zero-order chi connectivity index (χ0) is 22.1. The molecule has 1 saturated heterocycles. The lowest BCUT2D eigenvalue weighted by molar-refractivity contribution is -0.135. The number of para-hydroxylation sites is 2. The van der Waals surface area contributed by atoms with Crippen LogP contribution in [0, 0.1) is 0 Å². The molecule has 3 heterocycles. The minimum atomic E-state index is -0.521. The Balaban J connectivity index is 1.23. The number of nitrogens with one attached hydrogen (secondary N) is 1. The number of oxazole rings is 1. The summed E-state index contributed by atoms with van der Waals surface area (Å²) >= 11 is 0. The fourth-order valence-electron chi connectivity index (χ4n) is 4.30. The minimum Gasteiger partial charge on any atom is -0.408 e. The van der Waals surface area contributed by atoms with Crippen LogP contribution in [0.2, 0.25) is 0 Å². The number of hydrogen-bond donors (Lipinski definition) is 1. The maximum atomic E-state index is 13.1. The number of piperidine rings is 1. The number of aryl methyl sites for hydroxylation is 1. The summed E-state index contributed by atoms with van der Waals surface area (Å²) in [7, 11) is 0. The molecule has 1 saturated carbocycles. The van der Waals surface area contributed by atoms with Crippen LogP contribution in [-0.4, -0.2) is 54.9 Å². The Labute approximate surface area is 184 Å². The molecule has 0 spiro atoms. The Kier molecular flexibility index (Phi) is 5.50. The molecule has 1 atom stereocenters. The summed E-state index contributed by atoms with van der Waals surface area (Å²) in [6.45, 7) is 1.19. The number of aromatic nitrogens is 4. The summed E-state index contributed by atoms with van der Waals surface area (Å²) in [6, 6.07) is 7.44. The molecule has 1 N–H and O–H groups in total. The van der Waals surface area contributed by atoms with Gasteiger partial charge < -0.3 is 14.6 Å². The first-order valence-electron chi connectivity index (χ1n) is 11.2. The Morgan fingerprint density at radius 3 is 2.84 bits per heavy atom. The van der Waals surface area contributed by atoms with Gasteiger partial charge in [-0.3, -0.25) is 18.8 Å². The van der Waals surface area contributed by atoms with Crippen molar-refractivity contribution in [3.8, 4) is 0 Å². The van der Waals surface area contributed by atoms with E-state index >= 15 is 0 Å². The highest BCUT2D eigenvalue weighted by Gasteiger charge is 2.28. The van der Waals surface area contributed by atoms with Crippen LogP contribution in [0.1, 0.15) is 49.0 Å². The van der Waals surface area contributed by atoms with Crippen LogP contribution >= 0.6 is 0 Å². The van der Waals surface area contributed by atoms with Gasteiger partial charge in [0.1, 0.15) is 6.54 Å². The van der Waals surface area contributed by atoms with E-state index in [2.05, 4.69) is 15.6 Å². The molecule has 2 fully saturated rings. The Morgan fingerprint density at radius 2 is 2.00 bits per heavy atom. The van der Waals surface area contributed by atoms with E-state index in [1.165, 1.54) is 4.57 Å². The van der Waals surface area contributed by atoms with Gasteiger partial charge in [-0.25, -0.2) is 4.79 Å². The molecule has 168 valence electrons. The lowest BCUT2D eigenvalue weighted by atomic mass is 9.99. The number of fused-ring (bicyclic) bond motifs is 1. The van der Waals surface area contributed by atoms with E-state index in [1.807, 2.05) is 11.0 Å². The van der Waals surface area contributed by atoms with Crippen LogP contribution in [-0.2, 0) is 17.9 Å². The molecule has 2 aromatic heterocycles. The summed E-state index contributed by atoms with van der Waals surface area (Å²) in [5, 5.41) is 11.0. The van der Waals surface area contributed by atoms with Crippen molar-refractivity contribution in [2.45, 2.75) is 63.7 Å². The predicted molar refractivity (Wildman–Crippen MR) is 115 cm³/mol. The monoisotopic (exact) mass is 438 g/mol. The van der Waals surface area contributed by atoms with Crippen molar-refractivity contribution in [1.29, 1.82) is 0 Å². The van der Waals surface area contributed by atoms with Gasteiger partial charge >= 0.3 is 5.76 Å². The molecule has 1 aromatic carbocycles. The van der Waals surface area contributed by atoms with Crippen molar-refractivity contribution in [1.82, 2.24) is 29.8 Å². The summed E-state index contributed by atoms with van der Waals surface area (Å²) in [6.07, 6.45) is 7.30. The van der Waals surface area contributed by atoms with Gasteiger partial charge in [-0.1, -0.05) is 17.3 Å². The van der Waals surface area contributed by atoms with E-state index in [9.17, 15) is 14.4 Å². The second-order valence-corrected chi connectivity index (χ2v) is 8.56. The first-order chi connectivity index (χ1) is 15.6. The van der Waals surface area contributed by atoms with Crippen molar-refractivity contribution < 1.29 is 14.0 Å². The fourth-order valence-corrected chi connectivity index (χ4v) is 4.30. The van der Waals surface area contributed by atoms with E-state index in [0.717, 1.165) is 32.1 Å². The van der Waals surface area contributed by atoms with Crippen molar-refractivity contribution >= 4 is 22.9 Å². The van der Waals surface area contributed by atoms with Gasteiger partial charge in [0.2, 0.25) is 5.91 Å². The first-order valence-corrected chi connectivity index (χ1v) is 11.2. The van der Waals surface area contributed by atoms with Crippen molar-refractivity contribution in [2.75, 3.05) is 6.54 Å². The number of likely N-dealkylation sites (tertiary alicyclic amines) is 1. The van der Waals surface area contributed by atoms with E-state index < -0.39 is 5.76 Å². The lowest BCUT2D eigenvalue weighted by Gasteiger charge is -2.36. The number of carbonyl (C=O) groups excluding carboxylic acids is 2. The van der Waals surface area contributed by atoms with E-state index in [4.69, 9.17) is 4.42 Å². The molecule has 10 nitrogen and oxygen atoms in total. The Hall–Kier alpha value is -3.43. The molecule has 1 aliphatic carbocycles. The Bertz CT molecular complexity index is 1190. The second kappa shape index (κ2) is 8.60.